The molecule has 5 aromatic heterocycles. The number of allylic oxidation sites excluding steroid dienone is 2. The molecule has 0 atom stereocenters. The number of H-pyrrole nitrogens is 2. The van der Waals surface area contributed by atoms with E-state index in [2.05, 4.69) is 81.0 Å². The second kappa shape index (κ2) is 9.36. The molecule has 1 saturated carbocycles. The van der Waals surface area contributed by atoms with Gasteiger partial charge in [-0.15, -0.1) is 11.3 Å². The molecule has 7 rings (SSSR count). The van der Waals surface area contributed by atoms with Crippen LogP contribution in [0.4, 0.5) is 5.69 Å². The van der Waals surface area contributed by atoms with Gasteiger partial charge in [0, 0.05) is 49.7 Å². The summed E-state index contributed by atoms with van der Waals surface area (Å²) in [5, 5.41) is 13.5. The van der Waals surface area contributed by atoms with Crippen molar-refractivity contribution in [2.45, 2.75) is 26.2 Å². The van der Waals surface area contributed by atoms with E-state index in [1.165, 1.54) is 29.0 Å². The first-order valence-electron chi connectivity index (χ1n) is 13.2. The van der Waals surface area contributed by atoms with Crippen LogP contribution in [0.15, 0.2) is 86.1 Å². The van der Waals surface area contributed by atoms with Crippen LogP contribution in [0.25, 0.3) is 60.3 Å². The average Bonchev–Trinajstić information content (AvgIpc) is 3.65. The van der Waals surface area contributed by atoms with Crippen molar-refractivity contribution in [2.75, 3.05) is 5.32 Å². The van der Waals surface area contributed by atoms with E-state index in [9.17, 15) is 0 Å². The Kier molecular flexibility index (Phi) is 5.67. The van der Waals surface area contributed by atoms with Crippen molar-refractivity contribution in [2.24, 2.45) is 5.92 Å². The highest BCUT2D eigenvalue weighted by atomic mass is 32.1. The number of benzene rings is 1. The molecule has 39 heavy (non-hydrogen) atoms. The van der Waals surface area contributed by atoms with E-state index >= 15 is 0 Å². The highest BCUT2D eigenvalue weighted by molar-refractivity contribution is 7.16. The van der Waals surface area contributed by atoms with Crippen molar-refractivity contribution < 1.29 is 0 Å². The van der Waals surface area contributed by atoms with Gasteiger partial charge < -0.3 is 10.3 Å². The Morgan fingerprint density at radius 2 is 1.79 bits per heavy atom. The lowest BCUT2D eigenvalue weighted by Gasteiger charge is -2.28. The van der Waals surface area contributed by atoms with E-state index in [-0.39, 0.29) is 0 Å². The van der Waals surface area contributed by atoms with Gasteiger partial charge in [-0.05, 0) is 73.2 Å². The molecule has 0 radical (unpaired) electrons. The molecule has 3 N–H and O–H groups in total. The Bertz CT molecular complexity index is 1880. The molecule has 5 heterocycles. The van der Waals surface area contributed by atoms with Crippen molar-refractivity contribution in [3.63, 3.8) is 0 Å². The van der Waals surface area contributed by atoms with Gasteiger partial charge in [-0.3, -0.25) is 15.1 Å². The van der Waals surface area contributed by atoms with Crippen molar-refractivity contribution >= 4 is 44.4 Å². The second-order valence-corrected chi connectivity index (χ2v) is 11.4. The van der Waals surface area contributed by atoms with Gasteiger partial charge in [-0.25, -0.2) is 0 Å². The van der Waals surface area contributed by atoms with Crippen LogP contribution in [0.5, 0.6) is 0 Å². The van der Waals surface area contributed by atoms with Crippen LogP contribution >= 0.6 is 11.3 Å². The fourth-order valence-electron chi connectivity index (χ4n) is 5.20. The standard InChI is InChI=1S/C32H28N6S/c1-18(2)30-9-10-31(39-30)26-16-34-17-29-24(26)13-28(36-29)32-25-12-21(7-8-27(25)37-38-32)22-11-23(15-33-14-22)35-19(3)20-5-4-6-20/h7-17,20,35-36H,1,3-6H2,2H3,(H,37,38). The fourth-order valence-corrected chi connectivity index (χ4v) is 6.15. The molecule has 6 aromatic rings. The maximum absolute atomic E-state index is 4.69. The Hall–Kier alpha value is -4.49. The maximum Gasteiger partial charge on any atom is 0.116 e. The van der Waals surface area contributed by atoms with E-state index in [1.807, 2.05) is 31.7 Å². The monoisotopic (exact) mass is 528 g/mol. The average molecular weight is 529 g/mol. The normalized spacial score (nSPS) is 13.6. The molecule has 0 amide bonds. The molecule has 6 nitrogen and oxygen atoms in total. The first-order chi connectivity index (χ1) is 19.0. The summed E-state index contributed by atoms with van der Waals surface area (Å²) in [5.74, 6) is 0.568. The van der Waals surface area contributed by atoms with Crippen LogP contribution in [0.1, 0.15) is 31.1 Å². The minimum absolute atomic E-state index is 0.568. The van der Waals surface area contributed by atoms with Gasteiger partial charge in [0.25, 0.3) is 0 Å². The van der Waals surface area contributed by atoms with Gasteiger partial charge in [0.1, 0.15) is 5.69 Å². The number of fused-ring (bicyclic) bond motifs is 2. The summed E-state index contributed by atoms with van der Waals surface area (Å²) >= 11 is 1.74. The van der Waals surface area contributed by atoms with Gasteiger partial charge in [0.2, 0.25) is 0 Å². The number of aromatic nitrogens is 5. The highest BCUT2D eigenvalue weighted by Crippen LogP contribution is 2.38. The van der Waals surface area contributed by atoms with E-state index in [0.717, 1.165) is 66.8 Å². The van der Waals surface area contributed by atoms with Crippen LogP contribution in [-0.2, 0) is 0 Å². The second-order valence-electron chi connectivity index (χ2n) is 10.3. The molecule has 0 unspecified atom stereocenters. The fraction of sp³-hybridized carbons (Fsp3) is 0.156. The molecule has 0 aliphatic heterocycles. The minimum atomic E-state index is 0.568. The lowest BCUT2D eigenvalue weighted by Crippen LogP contribution is -2.18. The van der Waals surface area contributed by atoms with Crippen molar-refractivity contribution in [3.8, 4) is 33.0 Å². The zero-order chi connectivity index (χ0) is 26.5. The van der Waals surface area contributed by atoms with Gasteiger partial charge in [-0.1, -0.05) is 25.6 Å². The van der Waals surface area contributed by atoms with E-state index in [0.29, 0.717) is 5.92 Å². The van der Waals surface area contributed by atoms with Crippen LogP contribution in [0.3, 0.4) is 0 Å². The molecule has 1 aliphatic rings. The zero-order valence-electron chi connectivity index (χ0n) is 21.7. The number of nitrogens with zero attached hydrogens (tertiary/aromatic N) is 3. The van der Waals surface area contributed by atoms with Crippen molar-refractivity contribution in [1.29, 1.82) is 0 Å². The van der Waals surface area contributed by atoms with Gasteiger partial charge in [0.05, 0.1) is 34.8 Å². The number of hydrogen-bond donors (Lipinski definition) is 3. The number of aromatic amines is 2. The highest BCUT2D eigenvalue weighted by Gasteiger charge is 2.21. The lowest BCUT2D eigenvalue weighted by atomic mass is 9.83. The number of rotatable bonds is 7. The molecule has 0 spiro atoms. The third kappa shape index (κ3) is 4.25. The summed E-state index contributed by atoms with van der Waals surface area (Å²) in [6.07, 6.45) is 11.3. The SMILES string of the molecule is C=C(C)c1ccc(-c2cncc3[nH]c(-c4n[nH]c5ccc(-c6cncc(NC(=C)C7CCC7)c6)cc45)cc23)s1. The van der Waals surface area contributed by atoms with E-state index in [4.69, 9.17) is 5.10 Å². The van der Waals surface area contributed by atoms with Gasteiger partial charge in [0.15, 0.2) is 0 Å². The van der Waals surface area contributed by atoms with Crippen LogP contribution in [-0.4, -0.2) is 25.1 Å². The summed E-state index contributed by atoms with van der Waals surface area (Å²) in [6.45, 7) is 10.4. The van der Waals surface area contributed by atoms with Gasteiger partial charge in [-0.2, -0.15) is 5.10 Å². The van der Waals surface area contributed by atoms with E-state index < -0.39 is 0 Å². The predicted octanol–water partition coefficient (Wildman–Crippen LogP) is 8.66. The number of anilines is 1. The molecule has 1 aromatic carbocycles. The molecule has 0 bridgehead atoms. The smallest absolute Gasteiger partial charge is 0.116 e. The quantitative estimate of drug-likeness (QED) is 0.194. The van der Waals surface area contributed by atoms with E-state index in [1.54, 1.807) is 11.3 Å². The number of thiophene rings is 1. The Balaban J connectivity index is 1.25. The number of pyridine rings is 2. The first kappa shape index (κ1) is 23.6. The summed E-state index contributed by atoms with van der Waals surface area (Å²) in [7, 11) is 0. The number of hydrogen-bond acceptors (Lipinski definition) is 5. The summed E-state index contributed by atoms with van der Waals surface area (Å²) < 4.78 is 0. The maximum atomic E-state index is 4.69. The third-order valence-corrected chi connectivity index (χ3v) is 8.91. The summed E-state index contributed by atoms with van der Waals surface area (Å²) in [6, 6.07) is 14.9. The molecule has 1 aliphatic carbocycles. The summed E-state index contributed by atoms with van der Waals surface area (Å²) in [5.41, 5.74) is 10.1. The number of nitrogens with one attached hydrogen (secondary N) is 3. The minimum Gasteiger partial charge on any atom is -0.358 e. The van der Waals surface area contributed by atoms with Crippen molar-refractivity contribution in [3.05, 3.63) is 91.0 Å². The Morgan fingerprint density at radius 1 is 0.923 bits per heavy atom. The van der Waals surface area contributed by atoms with Crippen LogP contribution in [0.2, 0.25) is 0 Å². The molecule has 1 fully saturated rings. The molecule has 0 saturated heterocycles. The first-order valence-corrected chi connectivity index (χ1v) is 14.0. The van der Waals surface area contributed by atoms with Crippen LogP contribution in [0, 0.1) is 5.92 Å². The van der Waals surface area contributed by atoms with Crippen molar-refractivity contribution in [1.82, 2.24) is 25.1 Å². The Morgan fingerprint density at radius 3 is 2.59 bits per heavy atom. The molecule has 7 heteroatoms. The topological polar surface area (TPSA) is 82.3 Å². The largest absolute Gasteiger partial charge is 0.358 e. The lowest BCUT2D eigenvalue weighted by molar-refractivity contribution is 0.371. The zero-order valence-corrected chi connectivity index (χ0v) is 22.5. The Labute approximate surface area is 230 Å². The van der Waals surface area contributed by atoms with Gasteiger partial charge >= 0.3 is 0 Å². The molecular formula is C32H28N6S. The predicted molar refractivity (Wildman–Crippen MR) is 163 cm³/mol. The summed E-state index contributed by atoms with van der Waals surface area (Å²) in [4.78, 5) is 14.9. The third-order valence-electron chi connectivity index (χ3n) is 7.63. The molecule has 192 valence electrons. The van der Waals surface area contributed by atoms with Crippen LogP contribution < -0.4 is 5.32 Å². The molecular weight excluding hydrogens is 500 g/mol.